The summed E-state index contributed by atoms with van der Waals surface area (Å²) in [6, 6.07) is 6.40. The summed E-state index contributed by atoms with van der Waals surface area (Å²) in [6.45, 7) is 0. The molecule has 3 nitrogen and oxygen atoms in total. The Labute approximate surface area is 117 Å². The number of hydrogen-bond acceptors (Lipinski definition) is 2. The van der Waals surface area contributed by atoms with Crippen LogP contribution in [0.15, 0.2) is 39.5 Å². The van der Waals surface area contributed by atoms with Gasteiger partial charge in [0.15, 0.2) is 0 Å². The van der Waals surface area contributed by atoms with Crippen molar-refractivity contribution in [2.75, 3.05) is 7.05 Å². The number of rotatable bonds is 3. The van der Waals surface area contributed by atoms with E-state index in [9.17, 15) is 0 Å². The lowest BCUT2D eigenvalue weighted by molar-refractivity contribution is 0.688. The van der Waals surface area contributed by atoms with E-state index in [0.29, 0.717) is 0 Å². The number of nitrogens with zero attached hydrogens (tertiary/aromatic N) is 2. The molecule has 0 saturated heterocycles. The van der Waals surface area contributed by atoms with Gasteiger partial charge in [-0.2, -0.15) is 5.10 Å². The summed E-state index contributed by atoms with van der Waals surface area (Å²) < 4.78 is 3.93. The van der Waals surface area contributed by atoms with Gasteiger partial charge in [0, 0.05) is 27.8 Å². The number of aryl methyl sites for hydroxylation is 1. The highest BCUT2D eigenvalue weighted by atomic mass is 79.9. The van der Waals surface area contributed by atoms with Crippen LogP contribution in [0.5, 0.6) is 0 Å². The van der Waals surface area contributed by atoms with Crippen molar-refractivity contribution in [3.05, 3.63) is 50.7 Å². The third kappa shape index (κ3) is 2.97. The van der Waals surface area contributed by atoms with Gasteiger partial charge in [-0.25, -0.2) is 0 Å². The predicted molar refractivity (Wildman–Crippen MR) is 76.0 cm³/mol. The highest BCUT2D eigenvalue weighted by Gasteiger charge is 2.14. The van der Waals surface area contributed by atoms with Crippen LogP contribution in [-0.2, 0) is 7.05 Å². The molecule has 0 saturated carbocycles. The maximum absolute atomic E-state index is 4.21. The van der Waals surface area contributed by atoms with Crippen LogP contribution < -0.4 is 5.32 Å². The average Bonchev–Trinajstić information content (AvgIpc) is 2.64. The van der Waals surface area contributed by atoms with E-state index in [2.05, 4.69) is 54.4 Å². The molecular formula is C12H13Br2N3. The number of hydrogen-bond donors (Lipinski definition) is 1. The Bertz CT molecular complexity index is 502. The average molecular weight is 359 g/mol. The van der Waals surface area contributed by atoms with Crippen LogP contribution in [0.2, 0.25) is 0 Å². The molecule has 0 spiro atoms. The van der Waals surface area contributed by atoms with E-state index < -0.39 is 0 Å². The second-order valence-electron chi connectivity index (χ2n) is 3.87. The van der Waals surface area contributed by atoms with E-state index in [0.717, 1.165) is 14.5 Å². The minimum Gasteiger partial charge on any atom is -0.309 e. The van der Waals surface area contributed by atoms with Gasteiger partial charge in [0.2, 0.25) is 0 Å². The summed E-state index contributed by atoms with van der Waals surface area (Å²) in [5, 5.41) is 7.52. The minimum absolute atomic E-state index is 0.150. The summed E-state index contributed by atoms with van der Waals surface area (Å²) in [4.78, 5) is 0. The van der Waals surface area contributed by atoms with Gasteiger partial charge in [0.25, 0.3) is 0 Å². The molecule has 2 aromatic rings. The summed E-state index contributed by atoms with van der Waals surface area (Å²) in [5.74, 6) is 0. The van der Waals surface area contributed by atoms with E-state index in [-0.39, 0.29) is 6.04 Å². The molecule has 1 heterocycles. The van der Waals surface area contributed by atoms with Crippen LogP contribution in [0.1, 0.15) is 17.2 Å². The monoisotopic (exact) mass is 357 g/mol. The first-order valence-corrected chi connectivity index (χ1v) is 6.80. The Morgan fingerprint density at radius 3 is 2.29 bits per heavy atom. The molecule has 0 fully saturated rings. The van der Waals surface area contributed by atoms with Crippen molar-refractivity contribution in [3.63, 3.8) is 0 Å². The number of halogens is 2. The summed E-state index contributed by atoms with van der Waals surface area (Å²) in [6.07, 6.45) is 3.91. The second kappa shape index (κ2) is 5.33. The molecule has 1 aromatic heterocycles. The lowest BCUT2D eigenvalue weighted by Gasteiger charge is -2.15. The Balaban J connectivity index is 2.41. The van der Waals surface area contributed by atoms with Gasteiger partial charge in [-0.05, 0) is 30.8 Å². The van der Waals surface area contributed by atoms with Crippen molar-refractivity contribution in [3.8, 4) is 0 Å². The molecule has 5 heteroatoms. The maximum Gasteiger partial charge on any atom is 0.0606 e. The molecule has 1 N–H and O–H groups in total. The topological polar surface area (TPSA) is 29.9 Å². The normalized spacial score (nSPS) is 12.7. The summed E-state index contributed by atoms with van der Waals surface area (Å²) in [7, 11) is 3.87. The molecule has 0 aliphatic rings. The third-order valence-corrected chi connectivity index (χ3v) is 3.48. The quantitative estimate of drug-likeness (QED) is 0.912. The van der Waals surface area contributed by atoms with E-state index in [1.54, 1.807) is 0 Å². The smallest absolute Gasteiger partial charge is 0.0606 e. The van der Waals surface area contributed by atoms with Gasteiger partial charge in [-0.3, -0.25) is 4.68 Å². The largest absolute Gasteiger partial charge is 0.309 e. The second-order valence-corrected chi connectivity index (χ2v) is 5.70. The standard InChI is InChI=1S/C12H13Br2N3/c1-15-12(9-6-16-17(2)7-9)8-3-10(13)5-11(14)4-8/h3-7,12,15H,1-2H3. The lowest BCUT2D eigenvalue weighted by atomic mass is 10.0. The predicted octanol–water partition coefficient (Wildman–Crippen LogP) is 3.25. The zero-order valence-electron chi connectivity index (χ0n) is 9.61. The van der Waals surface area contributed by atoms with Crippen LogP contribution in [0, 0.1) is 0 Å². The van der Waals surface area contributed by atoms with Gasteiger partial charge in [0.05, 0.1) is 12.2 Å². The zero-order chi connectivity index (χ0) is 12.4. The molecule has 17 heavy (non-hydrogen) atoms. The van der Waals surface area contributed by atoms with Crippen molar-refractivity contribution >= 4 is 31.9 Å². The Hall–Kier alpha value is -0.650. The molecule has 1 atom stereocenters. The molecule has 0 aliphatic heterocycles. The van der Waals surface area contributed by atoms with Crippen molar-refractivity contribution in [2.24, 2.45) is 7.05 Å². The number of nitrogens with one attached hydrogen (secondary N) is 1. The molecule has 90 valence electrons. The third-order valence-electron chi connectivity index (χ3n) is 2.57. The first-order chi connectivity index (χ1) is 8.10. The van der Waals surface area contributed by atoms with Gasteiger partial charge >= 0.3 is 0 Å². The fourth-order valence-corrected chi connectivity index (χ4v) is 3.19. The SMILES string of the molecule is CNC(c1cc(Br)cc(Br)c1)c1cnn(C)c1. The highest BCUT2D eigenvalue weighted by molar-refractivity contribution is 9.11. The molecule has 0 amide bonds. The van der Waals surface area contributed by atoms with Gasteiger partial charge in [0.1, 0.15) is 0 Å². The first-order valence-electron chi connectivity index (χ1n) is 5.22. The van der Waals surface area contributed by atoms with Gasteiger partial charge in [-0.15, -0.1) is 0 Å². The lowest BCUT2D eigenvalue weighted by Crippen LogP contribution is -2.17. The van der Waals surface area contributed by atoms with E-state index in [4.69, 9.17) is 0 Å². The van der Waals surface area contributed by atoms with Crippen LogP contribution >= 0.6 is 31.9 Å². The van der Waals surface area contributed by atoms with Crippen LogP contribution in [0.25, 0.3) is 0 Å². The van der Waals surface area contributed by atoms with Crippen LogP contribution in [-0.4, -0.2) is 16.8 Å². The van der Waals surface area contributed by atoms with Crippen molar-refractivity contribution < 1.29 is 0 Å². The zero-order valence-corrected chi connectivity index (χ0v) is 12.8. The van der Waals surface area contributed by atoms with Crippen molar-refractivity contribution in [1.82, 2.24) is 15.1 Å². The highest BCUT2D eigenvalue weighted by Crippen LogP contribution is 2.27. The fourth-order valence-electron chi connectivity index (χ4n) is 1.86. The maximum atomic E-state index is 4.21. The Morgan fingerprint density at radius 2 is 1.82 bits per heavy atom. The molecule has 2 rings (SSSR count). The van der Waals surface area contributed by atoms with E-state index in [1.807, 2.05) is 37.2 Å². The number of aromatic nitrogens is 2. The molecule has 1 unspecified atom stereocenters. The first kappa shape index (κ1) is 12.8. The Morgan fingerprint density at radius 1 is 1.18 bits per heavy atom. The van der Waals surface area contributed by atoms with E-state index >= 15 is 0 Å². The number of benzene rings is 1. The Kier molecular flexibility index (Phi) is 4.01. The van der Waals surface area contributed by atoms with Crippen LogP contribution in [0.3, 0.4) is 0 Å². The summed E-state index contributed by atoms with van der Waals surface area (Å²) >= 11 is 7.02. The minimum atomic E-state index is 0.150. The van der Waals surface area contributed by atoms with Crippen molar-refractivity contribution in [1.29, 1.82) is 0 Å². The molecule has 0 bridgehead atoms. The molecule has 0 radical (unpaired) electrons. The fraction of sp³-hybridized carbons (Fsp3) is 0.250. The van der Waals surface area contributed by atoms with Crippen LogP contribution in [0.4, 0.5) is 0 Å². The van der Waals surface area contributed by atoms with Gasteiger partial charge < -0.3 is 5.32 Å². The molecule has 0 aliphatic carbocycles. The van der Waals surface area contributed by atoms with Gasteiger partial charge in [-0.1, -0.05) is 31.9 Å². The van der Waals surface area contributed by atoms with E-state index in [1.165, 1.54) is 5.56 Å². The van der Waals surface area contributed by atoms with Crippen molar-refractivity contribution in [2.45, 2.75) is 6.04 Å². The molecule has 1 aromatic carbocycles. The summed E-state index contributed by atoms with van der Waals surface area (Å²) in [5.41, 5.74) is 2.35. The molecular weight excluding hydrogens is 346 g/mol.